The van der Waals surface area contributed by atoms with E-state index in [9.17, 15) is 13.2 Å². The Labute approximate surface area is 147 Å². The van der Waals surface area contributed by atoms with E-state index in [4.69, 9.17) is 16.9 Å². The first-order valence-corrected chi connectivity index (χ1v) is 8.93. The average Bonchev–Trinajstić information content (AvgIpc) is 2.61. The Hall–Kier alpha value is -2.82. The molecule has 2 rings (SSSR count). The molecule has 7 heteroatoms. The number of nitrogens with two attached hydrogens (primary N) is 1. The Morgan fingerprint density at radius 1 is 1.16 bits per heavy atom. The number of terminal acetylenes is 1. The quantitative estimate of drug-likeness (QED) is 0.722. The second-order valence-corrected chi connectivity index (χ2v) is 6.91. The molecule has 1 atom stereocenters. The molecule has 0 heterocycles. The summed E-state index contributed by atoms with van der Waals surface area (Å²) in [6, 6.07) is 13.5. The van der Waals surface area contributed by atoms with E-state index < -0.39 is 22.0 Å². The van der Waals surface area contributed by atoms with Crippen molar-refractivity contribution in [2.45, 2.75) is 17.4 Å². The number of rotatable bonds is 7. The molecule has 1 amide bonds. The van der Waals surface area contributed by atoms with Crippen LogP contribution < -0.4 is 15.2 Å². The summed E-state index contributed by atoms with van der Waals surface area (Å²) in [6.45, 7) is 0.165. The van der Waals surface area contributed by atoms with E-state index in [-0.39, 0.29) is 17.9 Å². The second-order valence-electron chi connectivity index (χ2n) is 5.23. The Balaban J connectivity index is 1.97. The average molecular weight is 358 g/mol. The van der Waals surface area contributed by atoms with Crippen LogP contribution in [0.5, 0.6) is 5.75 Å². The fourth-order valence-electron chi connectivity index (χ4n) is 2.06. The summed E-state index contributed by atoms with van der Waals surface area (Å²) in [4.78, 5) is 12.1. The molecule has 3 N–H and O–H groups in total. The van der Waals surface area contributed by atoms with Crippen LogP contribution in [0.25, 0.3) is 0 Å². The van der Waals surface area contributed by atoms with Crippen LogP contribution in [0.3, 0.4) is 0 Å². The lowest BCUT2D eigenvalue weighted by atomic mass is 10.1. The van der Waals surface area contributed by atoms with Gasteiger partial charge in [-0.1, -0.05) is 36.3 Å². The molecule has 0 saturated heterocycles. The molecular formula is C18H18N2O4S. The van der Waals surface area contributed by atoms with Crippen LogP contribution in [0.4, 0.5) is 0 Å². The minimum absolute atomic E-state index is 0.00515. The predicted molar refractivity (Wildman–Crippen MR) is 94.2 cm³/mol. The van der Waals surface area contributed by atoms with Gasteiger partial charge in [0.1, 0.15) is 12.4 Å². The molecule has 0 saturated carbocycles. The van der Waals surface area contributed by atoms with E-state index in [2.05, 4.69) is 5.92 Å². The number of nitrogens with one attached hydrogen (secondary N) is 1. The molecule has 130 valence electrons. The van der Waals surface area contributed by atoms with Crippen LogP contribution in [0.15, 0.2) is 59.5 Å². The van der Waals surface area contributed by atoms with Gasteiger partial charge in [-0.05, 0) is 36.2 Å². The van der Waals surface area contributed by atoms with Gasteiger partial charge < -0.3 is 10.5 Å². The van der Waals surface area contributed by atoms with Crippen LogP contribution in [-0.4, -0.2) is 27.0 Å². The number of benzene rings is 2. The standard InChI is InChI=1S/C18H18N2O4S/c1-2-12-24-15-10-8-14(9-11-15)13-17(19)18(21)20-25(22,23)16-6-4-3-5-7-16/h1,3-11,17H,12-13,19H2,(H,20,21)/t17-/m0/s1. The Bertz CT molecular complexity index is 856. The molecule has 0 spiro atoms. The second kappa shape index (κ2) is 8.33. The van der Waals surface area contributed by atoms with Gasteiger partial charge in [0, 0.05) is 0 Å². The molecule has 2 aromatic carbocycles. The first-order chi connectivity index (χ1) is 11.9. The highest BCUT2D eigenvalue weighted by Crippen LogP contribution is 2.13. The zero-order valence-corrected chi connectivity index (χ0v) is 14.2. The van der Waals surface area contributed by atoms with Gasteiger partial charge in [0.25, 0.3) is 15.9 Å². The first kappa shape index (κ1) is 18.5. The van der Waals surface area contributed by atoms with Crippen molar-refractivity contribution < 1.29 is 17.9 Å². The van der Waals surface area contributed by atoms with Gasteiger partial charge in [-0.3, -0.25) is 4.79 Å². The smallest absolute Gasteiger partial charge is 0.264 e. The third-order valence-electron chi connectivity index (χ3n) is 3.33. The highest BCUT2D eigenvalue weighted by molar-refractivity contribution is 7.90. The lowest BCUT2D eigenvalue weighted by Crippen LogP contribution is -2.44. The van der Waals surface area contributed by atoms with Crippen LogP contribution >= 0.6 is 0 Å². The molecule has 6 nitrogen and oxygen atoms in total. The first-order valence-electron chi connectivity index (χ1n) is 7.45. The fraction of sp³-hybridized carbons (Fsp3) is 0.167. The van der Waals surface area contributed by atoms with Crippen LogP contribution in [0, 0.1) is 12.3 Å². The molecule has 0 aromatic heterocycles. The minimum Gasteiger partial charge on any atom is -0.481 e. The SMILES string of the molecule is C#CCOc1ccc(C[C@H](N)C(=O)NS(=O)(=O)c2ccccc2)cc1. The lowest BCUT2D eigenvalue weighted by Gasteiger charge is -2.13. The van der Waals surface area contributed by atoms with E-state index in [1.165, 1.54) is 12.1 Å². The number of carbonyl (C=O) groups excluding carboxylic acids is 1. The summed E-state index contributed by atoms with van der Waals surface area (Å²) in [6.07, 6.45) is 5.30. The predicted octanol–water partition coefficient (Wildman–Crippen LogP) is 1.07. The Kier molecular flexibility index (Phi) is 6.17. The van der Waals surface area contributed by atoms with Crippen molar-refractivity contribution in [1.82, 2.24) is 4.72 Å². The van der Waals surface area contributed by atoms with Crippen molar-refractivity contribution in [2.24, 2.45) is 5.73 Å². The van der Waals surface area contributed by atoms with Crippen LogP contribution in [0.2, 0.25) is 0 Å². The molecule has 25 heavy (non-hydrogen) atoms. The number of sulfonamides is 1. The highest BCUT2D eigenvalue weighted by Gasteiger charge is 2.22. The normalized spacial score (nSPS) is 12.0. The van der Waals surface area contributed by atoms with Gasteiger partial charge in [0.05, 0.1) is 10.9 Å². The van der Waals surface area contributed by atoms with Crippen LogP contribution in [0.1, 0.15) is 5.56 Å². The summed E-state index contributed by atoms with van der Waals surface area (Å²) in [5.74, 6) is 2.20. The van der Waals surface area contributed by atoms with Crippen molar-refractivity contribution >= 4 is 15.9 Å². The number of hydrogen-bond acceptors (Lipinski definition) is 5. The third kappa shape index (κ3) is 5.35. The maximum atomic E-state index is 12.1. The summed E-state index contributed by atoms with van der Waals surface area (Å²) in [5.41, 5.74) is 6.59. The molecule has 0 aliphatic carbocycles. The molecule has 0 unspecified atom stereocenters. The number of hydrogen-bond donors (Lipinski definition) is 2. The van der Waals surface area contributed by atoms with Crippen molar-refractivity contribution in [3.8, 4) is 18.1 Å². The topological polar surface area (TPSA) is 98.5 Å². The van der Waals surface area contributed by atoms with Gasteiger partial charge >= 0.3 is 0 Å². The largest absolute Gasteiger partial charge is 0.481 e. The van der Waals surface area contributed by atoms with E-state index in [0.717, 1.165) is 5.56 Å². The Morgan fingerprint density at radius 2 is 1.80 bits per heavy atom. The van der Waals surface area contributed by atoms with E-state index >= 15 is 0 Å². The molecule has 0 radical (unpaired) electrons. The maximum Gasteiger partial charge on any atom is 0.264 e. The van der Waals surface area contributed by atoms with Gasteiger partial charge in [-0.2, -0.15) is 0 Å². The molecule has 0 fully saturated rings. The third-order valence-corrected chi connectivity index (χ3v) is 4.69. The van der Waals surface area contributed by atoms with Crippen molar-refractivity contribution in [3.63, 3.8) is 0 Å². The van der Waals surface area contributed by atoms with E-state index in [1.807, 2.05) is 4.72 Å². The molecule has 0 aliphatic heterocycles. The number of ether oxygens (including phenoxy) is 1. The van der Waals surface area contributed by atoms with Crippen molar-refractivity contribution in [3.05, 3.63) is 60.2 Å². The Morgan fingerprint density at radius 3 is 2.40 bits per heavy atom. The van der Waals surface area contributed by atoms with Gasteiger partial charge in [-0.25, -0.2) is 13.1 Å². The monoisotopic (exact) mass is 358 g/mol. The molecule has 0 bridgehead atoms. The summed E-state index contributed by atoms with van der Waals surface area (Å²) < 4.78 is 31.5. The lowest BCUT2D eigenvalue weighted by molar-refractivity contribution is -0.120. The minimum atomic E-state index is -3.93. The fourth-order valence-corrected chi connectivity index (χ4v) is 3.11. The summed E-state index contributed by atoms with van der Waals surface area (Å²) in [5, 5.41) is 0. The van der Waals surface area contributed by atoms with Gasteiger partial charge in [0.15, 0.2) is 0 Å². The van der Waals surface area contributed by atoms with Gasteiger partial charge in [0.2, 0.25) is 0 Å². The molecule has 0 aliphatic rings. The van der Waals surface area contributed by atoms with E-state index in [1.54, 1.807) is 42.5 Å². The number of carbonyl (C=O) groups is 1. The zero-order valence-electron chi connectivity index (χ0n) is 13.4. The number of amides is 1. The summed E-state index contributed by atoms with van der Waals surface area (Å²) in [7, 11) is -3.93. The maximum absolute atomic E-state index is 12.1. The van der Waals surface area contributed by atoms with Crippen LogP contribution in [-0.2, 0) is 21.2 Å². The molecule has 2 aromatic rings. The van der Waals surface area contributed by atoms with E-state index in [0.29, 0.717) is 5.75 Å². The van der Waals surface area contributed by atoms with Crippen molar-refractivity contribution in [1.29, 1.82) is 0 Å². The van der Waals surface area contributed by atoms with Gasteiger partial charge in [-0.15, -0.1) is 6.42 Å². The highest BCUT2D eigenvalue weighted by atomic mass is 32.2. The zero-order chi connectivity index (χ0) is 18.3. The van der Waals surface area contributed by atoms with Crippen molar-refractivity contribution in [2.75, 3.05) is 6.61 Å². The molecular weight excluding hydrogens is 340 g/mol. The summed E-state index contributed by atoms with van der Waals surface area (Å²) >= 11 is 0.